The van der Waals surface area contributed by atoms with Crippen LogP contribution in [0.25, 0.3) is 10.2 Å². The molecule has 1 aliphatic rings. The highest BCUT2D eigenvalue weighted by molar-refractivity contribution is 7.18. The van der Waals surface area contributed by atoms with Crippen molar-refractivity contribution in [2.45, 2.75) is 32.7 Å². The smallest absolute Gasteiger partial charge is 0.226 e. The lowest BCUT2D eigenvalue weighted by atomic mass is 10.0. The molecule has 3 rings (SSSR count). The fourth-order valence-electron chi connectivity index (χ4n) is 2.43. The largest absolute Gasteiger partial charge is 0.379 e. The molecular formula is C14H20N4OS. The van der Waals surface area contributed by atoms with Crippen molar-refractivity contribution in [3.8, 4) is 0 Å². The maximum absolute atomic E-state index is 5.51. The standard InChI is InChI=1S/C14H20N4OS/c1-4-15-13-16-11(18-14(3)5-6-19-8-14)10-7-9(2)20-12(10)17-13/h7H,4-6,8H2,1-3H3,(H2,15,16,17,18). The van der Waals surface area contributed by atoms with Crippen LogP contribution in [0.3, 0.4) is 0 Å². The van der Waals surface area contributed by atoms with E-state index in [9.17, 15) is 0 Å². The first-order valence-corrected chi connectivity index (χ1v) is 7.79. The van der Waals surface area contributed by atoms with Gasteiger partial charge in [-0.15, -0.1) is 11.3 Å². The molecule has 0 saturated carbocycles. The Labute approximate surface area is 122 Å². The van der Waals surface area contributed by atoms with E-state index in [0.29, 0.717) is 5.95 Å². The van der Waals surface area contributed by atoms with Gasteiger partial charge in [0.15, 0.2) is 0 Å². The van der Waals surface area contributed by atoms with Crippen molar-refractivity contribution in [1.29, 1.82) is 0 Å². The minimum absolute atomic E-state index is 0.0411. The number of aromatic nitrogens is 2. The highest BCUT2D eigenvalue weighted by atomic mass is 32.1. The van der Waals surface area contributed by atoms with Gasteiger partial charge in [-0.1, -0.05) is 0 Å². The van der Waals surface area contributed by atoms with E-state index in [1.54, 1.807) is 11.3 Å². The molecule has 2 N–H and O–H groups in total. The summed E-state index contributed by atoms with van der Waals surface area (Å²) in [5.41, 5.74) is -0.0411. The summed E-state index contributed by atoms with van der Waals surface area (Å²) in [4.78, 5) is 11.5. The van der Waals surface area contributed by atoms with Crippen LogP contribution >= 0.6 is 11.3 Å². The molecule has 1 saturated heterocycles. The summed E-state index contributed by atoms with van der Waals surface area (Å²) < 4.78 is 5.51. The van der Waals surface area contributed by atoms with Crippen molar-refractivity contribution in [3.63, 3.8) is 0 Å². The van der Waals surface area contributed by atoms with Crippen molar-refractivity contribution >= 4 is 33.3 Å². The van der Waals surface area contributed by atoms with E-state index in [0.717, 1.165) is 42.2 Å². The zero-order chi connectivity index (χ0) is 14.2. The van der Waals surface area contributed by atoms with Gasteiger partial charge in [0.05, 0.1) is 17.5 Å². The molecule has 5 nitrogen and oxygen atoms in total. The van der Waals surface area contributed by atoms with E-state index in [4.69, 9.17) is 4.74 Å². The average molecular weight is 292 g/mol. The van der Waals surface area contributed by atoms with Gasteiger partial charge in [-0.3, -0.25) is 0 Å². The van der Waals surface area contributed by atoms with Gasteiger partial charge in [-0.25, -0.2) is 4.98 Å². The first kappa shape index (κ1) is 13.6. The number of hydrogen-bond donors (Lipinski definition) is 2. The molecule has 1 fully saturated rings. The number of nitrogens with one attached hydrogen (secondary N) is 2. The fraction of sp³-hybridized carbons (Fsp3) is 0.571. The van der Waals surface area contributed by atoms with Crippen LogP contribution in [0, 0.1) is 6.92 Å². The Morgan fingerprint density at radius 2 is 2.30 bits per heavy atom. The van der Waals surface area contributed by atoms with E-state index >= 15 is 0 Å². The molecule has 6 heteroatoms. The van der Waals surface area contributed by atoms with Crippen LogP contribution in [0.4, 0.5) is 11.8 Å². The normalized spacial score (nSPS) is 22.4. The summed E-state index contributed by atoms with van der Waals surface area (Å²) in [5, 5.41) is 7.86. The molecule has 2 aromatic heterocycles. The van der Waals surface area contributed by atoms with Gasteiger partial charge in [0.2, 0.25) is 5.95 Å². The lowest BCUT2D eigenvalue weighted by Gasteiger charge is -2.24. The van der Waals surface area contributed by atoms with E-state index < -0.39 is 0 Å². The number of nitrogens with zero attached hydrogens (tertiary/aromatic N) is 2. The lowest BCUT2D eigenvalue weighted by Crippen LogP contribution is -2.35. The molecule has 1 atom stereocenters. The Hall–Kier alpha value is -1.40. The van der Waals surface area contributed by atoms with Crippen molar-refractivity contribution in [2.75, 3.05) is 30.4 Å². The molecule has 1 unspecified atom stereocenters. The van der Waals surface area contributed by atoms with Crippen LogP contribution in [-0.2, 0) is 4.74 Å². The zero-order valence-corrected chi connectivity index (χ0v) is 12.9. The third-order valence-electron chi connectivity index (χ3n) is 3.49. The van der Waals surface area contributed by atoms with Crippen LogP contribution < -0.4 is 10.6 Å². The number of fused-ring (bicyclic) bond motifs is 1. The van der Waals surface area contributed by atoms with Gasteiger partial charge in [0, 0.05) is 18.0 Å². The van der Waals surface area contributed by atoms with Gasteiger partial charge >= 0.3 is 0 Å². The van der Waals surface area contributed by atoms with Crippen LogP contribution in [-0.4, -0.2) is 35.3 Å². The molecule has 0 radical (unpaired) electrons. The second kappa shape index (κ2) is 5.18. The van der Waals surface area contributed by atoms with Crippen LogP contribution in [0.1, 0.15) is 25.1 Å². The number of anilines is 2. The van der Waals surface area contributed by atoms with Crippen molar-refractivity contribution in [1.82, 2.24) is 9.97 Å². The Morgan fingerprint density at radius 3 is 3.00 bits per heavy atom. The van der Waals surface area contributed by atoms with Gasteiger partial charge < -0.3 is 15.4 Å². The van der Waals surface area contributed by atoms with Gasteiger partial charge in [0.1, 0.15) is 10.6 Å². The van der Waals surface area contributed by atoms with E-state index in [-0.39, 0.29) is 5.54 Å². The molecule has 3 heterocycles. The fourth-order valence-corrected chi connectivity index (χ4v) is 3.31. The Balaban J connectivity index is 2.02. The first-order chi connectivity index (χ1) is 9.59. The molecule has 1 aliphatic heterocycles. The van der Waals surface area contributed by atoms with Gasteiger partial charge in [-0.05, 0) is 33.3 Å². The van der Waals surface area contributed by atoms with Crippen LogP contribution in [0.15, 0.2) is 6.07 Å². The van der Waals surface area contributed by atoms with Crippen molar-refractivity contribution in [3.05, 3.63) is 10.9 Å². The Bertz CT molecular complexity index is 619. The van der Waals surface area contributed by atoms with E-state index in [1.165, 1.54) is 4.88 Å². The van der Waals surface area contributed by atoms with Gasteiger partial charge in [-0.2, -0.15) is 4.98 Å². The molecule has 0 aromatic carbocycles. The number of rotatable bonds is 4. The second-order valence-electron chi connectivity index (χ2n) is 5.49. The topological polar surface area (TPSA) is 59.1 Å². The summed E-state index contributed by atoms with van der Waals surface area (Å²) in [6.45, 7) is 8.67. The van der Waals surface area contributed by atoms with Crippen LogP contribution in [0.2, 0.25) is 0 Å². The predicted molar refractivity (Wildman–Crippen MR) is 83.8 cm³/mol. The third-order valence-corrected chi connectivity index (χ3v) is 4.43. The quantitative estimate of drug-likeness (QED) is 0.907. The minimum atomic E-state index is -0.0411. The lowest BCUT2D eigenvalue weighted by molar-refractivity contribution is 0.185. The first-order valence-electron chi connectivity index (χ1n) is 6.98. The summed E-state index contributed by atoms with van der Waals surface area (Å²) in [6.07, 6.45) is 0.998. The third kappa shape index (κ3) is 2.58. The zero-order valence-electron chi connectivity index (χ0n) is 12.1. The van der Waals surface area contributed by atoms with Crippen LogP contribution in [0.5, 0.6) is 0 Å². The van der Waals surface area contributed by atoms with E-state index in [1.807, 2.05) is 6.92 Å². The summed E-state index contributed by atoms with van der Waals surface area (Å²) >= 11 is 1.70. The maximum Gasteiger partial charge on any atom is 0.226 e. The maximum atomic E-state index is 5.51. The molecule has 0 bridgehead atoms. The van der Waals surface area contributed by atoms with Gasteiger partial charge in [0.25, 0.3) is 0 Å². The molecule has 20 heavy (non-hydrogen) atoms. The SMILES string of the molecule is CCNc1nc(NC2(C)CCOC2)c2cc(C)sc2n1. The summed E-state index contributed by atoms with van der Waals surface area (Å²) in [7, 11) is 0. The summed E-state index contributed by atoms with van der Waals surface area (Å²) in [6, 6.07) is 2.15. The summed E-state index contributed by atoms with van der Waals surface area (Å²) in [5.74, 6) is 1.59. The Kier molecular flexibility index (Phi) is 3.52. The predicted octanol–water partition coefficient (Wildman–Crippen LogP) is 3.02. The monoisotopic (exact) mass is 292 g/mol. The van der Waals surface area contributed by atoms with Crippen molar-refractivity contribution in [2.24, 2.45) is 0 Å². The molecule has 0 spiro atoms. The average Bonchev–Trinajstić information content (AvgIpc) is 2.95. The number of thiophene rings is 1. The van der Waals surface area contributed by atoms with E-state index in [2.05, 4.69) is 40.5 Å². The minimum Gasteiger partial charge on any atom is -0.379 e. The highest BCUT2D eigenvalue weighted by Crippen LogP contribution is 2.32. The second-order valence-corrected chi connectivity index (χ2v) is 6.73. The molecule has 2 aromatic rings. The van der Waals surface area contributed by atoms with Crippen molar-refractivity contribution < 1.29 is 4.74 Å². The number of aryl methyl sites for hydroxylation is 1. The molecule has 0 aliphatic carbocycles. The number of ether oxygens (including phenoxy) is 1. The molecule has 0 amide bonds. The number of hydrogen-bond acceptors (Lipinski definition) is 6. The Morgan fingerprint density at radius 1 is 1.45 bits per heavy atom. The molecular weight excluding hydrogens is 272 g/mol. The molecule has 108 valence electrons. The highest BCUT2D eigenvalue weighted by Gasteiger charge is 2.30.